The lowest BCUT2D eigenvalue weighted by Crippen LogP contribution is -2.38. The molecule has 4 aromatic heterocycles. The number of rotatable bonds is 7. The highest BCUT2D eigenvalue weighted by molar-refractivity contribution is 5.93. The van der Waals surface area contributed by atoms with E-state index in [-0.39, 0.29) is 43.8 Å². The Morgan fingerprint density at radius 2 is 1.82 bits per heavy atom. The van der Waals surface area contributed by atoms with Crippen molar-refractivity contribution in [1.82, 2.24) is 45.7 Å². The average Bonchev–Trinajstić information content (AvgIpc) is 3.89. The van der Waals surface area contributed by atoms with E-state index in [1.54, 1.807) is 12.3 Å². The minimum Gasteiger partial charge on any atom is -0.425 e. The second-order valence-electron chi connectivity index (χ2n) is 12.9. The van der Waals surface area contributed by atoms with Crippen molar-refractivity contribution in [3.63, 3.8) is 0 Å². The Kier molecular flexibility index (Phi) is 9.92. The molecule has 49 heavy (non-hydrogen) atoms. The van der Waals surface area contributed by atoms with E-state index in [2.05, 4.69) is 40.5 Å². The summed E-state index contributed by atoms with van der Waals surface area (Å²) in [4.78, 5) is 28.7. The highest BCUT2D eigenvalue weighted by Crippen LogP contribution is 2.40. The first-order valence-electron chi connectivity index (χ1n) is 16.3. The van der Waals surface area contributed by atoms with Gasteiger partial charge in [0.2, 0.25) is 23.6 Å². The zero-order valence-electron chi connectivity index (χ0n) is 26.7. The molecule has 2 atom stereocenters. The van der Waals surface area contributed by atoms with Crippen LogP contribution in [0.4, 0.5) is 22.0 Å². The summed E-state index contributed by atoms with van der Waals surface area (Å²) in [5.74, 6) is -1.82. The molecular formula is C31H36F5N9O4. The predicted molar refractivity (Wildman–Crippen MR) is 159 cm³/mol. The Balaban J connectivity index is 0.000000198. The van der Waals surface area contributed by atoms with E-state index in [0.717, 1.165) is 25.2 Å². The van der Waals surface area contributed by atoms with Crippen molar-refractivity contribution in [3.05, 3.63) is 52.9 Å². The lowest BCUT2D eigenvalue weighted by molar-refractivity contribution is -0.154. The van der Waals surface area contributed by atoms with Crippen LogP contribution in [0.25, 0.3) is 5.65 Å². The molecular weight excluding hydrogens is 657 g/mol. The van der Waals surface area contributed by atoms with Crippen molar-refractivity contribution >= 4 is 17.5 Å². The fraction of sp³-hybridized carbons (Fsp3) is 0.613. The minimum atomic E-state index is -4.46. The topological polar surface area (TPSA) is 166 Å². The van der Waals surface area contributed by atoms with E-state index in [1.807, 2.05) is 12.2 Å². The molecule has 18 heteroatoms. The molecule has 13 nitrogen and oxygen atoms in total. The second-order valence-corrected chi connectivity index (χ2v) is 12.9. The molecule has 2 amide bonds. The number of fused-ring (bicyclic) bond motifs is 1. The summed E-state index contributed by atoms with van der Waals surface area (Å²) in [6, 6.07) is -0.155. The van der Waals surface area contributed by atoms with Crippen LogP contribution < -0.4 is 10.6 Å². The molecule has 3 saturated carbocycles. The number of imidazole rings is 1. The standard InChI is InChI=1S/C19H18F3N7O3.C6H10F2.C6H8N2O/c20-19(21,22)13-5-11(17(30)26-13)3-9-4-14-25-12(8-29(14)24-6-9)7-23-18(31)16-15(10-1-2-10)27-32-28-16;7-6(8)4-2-1-3-5-6;1-4-7-8-6(9-4)5-2-3-5/h4,6,8,10-11,13H,1-3,5,7H2,(H,23,31)(H,26,30);1-5H2;5H,2-3H2,1H3. The zero-order chi connectivity index (χ0) is 34.8. The molecule has 5 heterocycles. The first kappa shape index (κ1) is 34.4. The zero-order valence-corrected chi connectivity index (χ0v) is 26.7. The Morgan fingerprint density at radius 3 is 2.41 bits per heavy atom. The van der Waals surface area contributed by atoms with E-state index < -0.39 is 35.9 Å². The number of aryl methyl sites for hydroxylation is 1. The maximum absolute atomic E-state index is 12.9. The van der Waals surface area contributed by atoms with Gasteiger partial charge in [-0.2, -0.15) is 18.3 Å². The maximum Gasteiger partial charge on any atom is 0.408 e. The van der Waals surface area contributed by atoms with Crippen LogP contribution in [-0.2, 0) is 17.8 Å². The normalized spacial score (nSPS) is 21.7. The van der Waals surface area contributed by atoms with Gasteiger partial charge < -0.3 is 15.1 Å². The largest absolute Gasteiger partial charge is 0.425 e. The molecule has 1 aliphatic heterocycles. The number of aromatic nitrogens is 7. The van der Waals surface area contributed by atoms with Gasteiger partial charge in [0, 0.05) is 37.5 Å². The summed E-state index contributed by atoms with van der Waals surface area (Å²) in [5, 5.41) is 24.0. The van der Waals surface area contributed by atoms with Crippen LogP contribution >= 0.6 is 0 Å². The smallest absolute Gasteiger partial charge is 0.408 e. The number of alkyl halides is 5. The fourth-order valence-electron chi connectivity index (χ4n) is 5.69. The van der Waals surface area contributed by atoms with Crippen molar-refractivity contribution in [1.29, 1.82) is 0 Å². The summed E-state index contributed by atoms with van der Waals surface area (Å²) in [7, 11) is 0. The van der Waals surface area contributed by atoms with Crippen LogP contribution in [0, 0.1) is 12.8 Å². The average molecular weight is 694 g/mol. The van der Waals surface area contributed by atoms with Gasteiger partial charge in [-0.15, -0.1) is 10.2 Å². The van der Waals surface area contributed by atoms with Crippen molar-refractivity contribution in [2.24, 2.45) is 5.92 Å². The summed E-state index contributed by atoms with van der Waals surface area (Å²) < 4.78 is 74.3. The van der Waals surface area contributed by atoms with Crippen molar-refractivity contribution in [3.8, 4) is 0 Å². The molecule has 4 aromatic rings. The van der Waals surface area contributed by atoms with Crippen LogP contribution in [0.15, 0.2) is 27.5 Å². The third kappa shape index (κ3) is 9.14. The number of hydrogen-bond acceptors (Lipinski definition) is 10. The van der Waals surface area contributed by atoms with Crippen LogP contribution in [-0.4, -0.2) is 65.1 Å². The summed E-state index contributed by atoms with van der Waals surface area (Å²) in [6.07, 6.45) is 5.50. The Hall–Kier alpha value is -4.51. The first-order valence-corrected chi connectivity index (χ1v) is 16.3. The van der Waals surface area contributed by atoms with Gasteiger partial charge >= 0.3 is 6.18 Å². The van der Waals surface area contributed by atoms with Gasteiger partial charge in [0.05, 0.1) is 24.6 Å². The van der Waals surface area contributed by atoms with Crippen LogP contribution in [0.3, 0.4) is 0 Å². The molecule has 0 aromatic carbocycles. The molecule has 2 unspecified atom stereocenters. The molecule has 2 N–H and O–H groups in total. The Labute approximate surface area is 276 Å². The molecule has 3 aliphatic carbocycles. The highest BCUT2D eigenvalue weighted by Gasteiger charge is 2.47. The summed E-state index contributed by atoms with van der Waals surface area (Å²) in [5.41, 5.74) is 2.32. The number of halogens is 5. The van der Waals surface area contributed by atoms with E-state index in [4.69, 9.17) is 4.42 Å². The van der Waals surface area contributed by atoms with Gasteiger partial charge in [0.15, 0.2) is 11.3 Å². The molecule has 4 fully saturated rings. The second kappa shape index (κ2) is 14.2. The van der Waals surface area contributed by atoms with E-state index in [9.17, 15) is 31.5 Å². The Bertz CT molecular complexity index is 1750. The van der Waals surface area contributed by atoms with Gasteiger partial charge in [-0.25, -0.2) is 22.9 Å². The van der Waals surface area contributed by atoms with E-state index >= 15 is 0 Å². The lowest BCUT2D eigenvalue weighted by Gasteiger charge is -2.20. The highest BCUT2D eigenvalue weighted by atomic mass is 19.4. The van der Waals surface area contributed by atoms with Crippen molar-refractivity contribution < 1.29 is 40.6 Å². The number of amides is 2. The van der Waals surface area contributed by atoms with Crippen LogP contribution in [0.1, 0.15) is 115 Å². The third-order valence-corrected chi connectivity index (χ3v) is 8.69. The maximum atomic E-state index is 12.9. The quantitative estimate of drug-likeness (QED) is 0.240. The molecule has 0 radical (unpaired) electrons. The van der Waals surface area contributed by atoms with Crippen molar-refractivity contribution in [2.45, 2.75) is 114 Å². The van der Waals surface area contributed by atoms with Gasteiger partial charge in [-0.1, -0.05) is 11.6 Å². The molecule has 8 rings (SSSR count). The molecule has 0 spiro atoms. The number of carbonyl (C=O) groups excluding carboxylic acids is 2. The van der Waals surface area contributed by atoms with E-state index in [0.29, 0.717) is 47.2 Å². The molecule has 0 bridgehead atoms. The van der Waals surface area contributed by atoms with Crippen molar-refractivity contribution in [2.75, 3.05) is 0 Å². The Morgan fingerprint density at radius 1 is 1.08 bits per heavy atom. The van der Waals surface area contributed by atoms with Gasteiger partial charge in [-0.3, -0.25) is 9.59 Å². The number of hydrogen-bond donors (Lipinski definition) is 2. The fourth-order valence-corrected chi connectivity index (χ4v) is 5.69. The number of nitrogens with one attached hydrogen (secondary N) is 2. The van der Waals surface area contributed by atoms with Crippen LogP contribution in [0.5, 0.6) is 0 Å². The van der Waals surface area contributed by atoms with Crippen LogP contribution in [0.2, 0.25) is 0 Å². The molecule has 264 valence electrons. The van der Waals surface area contributed by atoms with E-state index in [1.165, 1.54) is 23.6 Å². The predicted octanol–water partition coefficient (Wildman–Crippen LogP) is 5.37. The summed E-state index contributed by atoms with van der Waals surface area (Å²) >= 11 is 0. The molecule has 4 aliphatic rings. The minimum absolute atomic E-state index is 0.118. The third-order valence-electron chi connectivity index (χ3n) is 8.69. The monoisotopic (exact) mass is 693 g/mol. The van der Waals surface area contributed by atoms with Gasteiger partial charge in [-0.05, 0) is 68.2 Å². The summed E-state index contributed by atoms with van der Waals surface area (Å²) in [6.45, 7) is 1.94. The SMILES string of the molecule is Cc1nnc(C2CC2)o1.FC1(F)CCCCC1.O=C(NCc1cn2ncc(CC3CC(C(F)(F)F)NC3=O)cc2n1)c1nonc1C1CC1. The van der Waals surface area contributed by atoms with Gasteiger partial charge in [0.25, 0.3) is 5.91 Å². The lowest BCUT2D eigenvalue weighted by atomic mass is 9.97. The molecule has 1 saturated heterocycles. The first-order chi connectivity index (χ1) is 23.3. The number of nitrogens with zero attached hydrogens (tertiary/aromatic N) is 7. The van der Waals surface area contributed by atoms with Gasteiger partial charge in [0.1, 0.15) is 11.7 Å². The number of carbonyl (C=O) groups is 2.